The van der Waals surface area contributed by atoms with E-state index in [9.17, 15) is 9.18 Å². The Morgan fingerprint density at radius 1 is 1.32 bits per heavy atom. The maximum atomic E-state index is 14.7. The first-order valence-electron chi connectivity index (χ1n) is 7.43. The predicted molar refractivity (Wildman–Crippen MR) is 84.3 cm³/mol. The summed E-state index contributed by atoms with van der Waals surface area (Å²) in [7, 11) is 0. The van der Waals surface area contributed by atoms with E-state index in [1.807, 2.05) is 24.3 Å². The van der Waals surface area contributed by atoms with Crippen LogP contribution in [0.5, 0.6) is 0 Å². The molecule has 4 nitrogen and oxygen atoms in total. The Morgan fingerprint density at radius 2 is 2.14 bits per heavy atom. The van der Waals surface area contributed by atoms with Gasteiger partial charge in [0.2, 0.25) is 0 Å². The number of benzene rings is 2. The first kappa shape index (κ1) is 13.3. The number of nitrogens with one attached hydrogen (secondary N) is 2. The summed E-state index contributed by atoms with van der Waals surface area (Å²) in [5, 5.41) is 5.03. The second-order valence-electron chi connectivity index (χ2n) is 5.75. The molecule has 1 aliphatic rings. The number of hydrogen-bond donors (Lipinski definition) is 3. The second kappa shape index (κ2) is 4.81. The van der Waals surface area contributed by atoms with Crippen LogP contribution in [0.4, 0.5) is 4.39 Å². The van der Waals surface area contributed by atoms with Crippen LogP contribution in [-0.4, -0.2) is 17.4 Å². The van der Waals surface area contributed by atoms with Crippen LogP contribution in [0.3, 0.4) is 0 Å². The SMILES string of the molecule is NC(=O)c1cc(F)c(C2CCCN2)c2c1[nH]c1ccccc12. The molecule has 0 saturated carbocycles. The largest absolute Gasteiger partial charge is 0.366 e. The van der Waals surface area contributed by atoms with Crippen LogP contribution in [0.1, 0.15) is 34.8 Å². The Labute approximate surface area is 126 Å². The van der Waals surface area contributed by atoms with E-state index in [1.54, 1.807) is 0 Å². The van der Waals surface area contributed by atoms with Crippen LogP contribution in [-0.2, 0) is 0 Å². The molecule has 112 valence electrons. The van der Waals surface area contributed by atoms with Gasteiger partial charge in [-0.3, -0.25) is 4.79 Å². The first-order valence-corrected chi connectivity index (χ1v) is 7.43. The number of aromatic amines is 1. The molecule has 1 unspecified atom stereocenters. The quantitative estimate of drug-likeness (QED) is 0.680. The molecule has 1 fully saturated rings. The van der Waals surface area contributed by atoms with Gasteiger partial charge >= 0.3 is 0 Å². The van der Waals surface area contributed by atoms with E-state index in [2.05, 4.69) is 10.3 Å². The molecule has 2 aromatic carbocycles. The van der Waals surface area contributed by atoms with Gasteiger partial charge in [0.15, 0.2) is 0 Å². The van der Waals surface area contributed by atoms with Crippen molar-refractivity contribution in [3.8, 4) is 0 Å². The third-order valence-electron chi connectivity index (χ3n) is 4.45. The lowest BCUT2D eigenvalue weighted by molar-refractivity contribution is 0.100. The van der Waals surface area contributed by atoms with Crippen LogP contribution in [0.25, 0.3) is 21.8 Å². The van der Waals surface area contributed by atoms with Crippen molar-refractivity contribution in [1.82, 2.24) is 10.3 Å². The highest BCUT2D eigenvalue weighted by molar-refractivity contribution is 6.16. The molecule has 1 aliphatic heterocycles. The number of hydrogen-bond acceptors (Lipinski definition) is 2. The molecule has 22 heavy (non-hydrogen) atoms. The lowest BCUT2D eigenvalue weighted by Crippen LogP contribution is -2.17. The average molecular weight is 297 g/mol. The number of amides is 1. The normalized spacial score (nSPS) is 18.3. The molecule has 1 amide bonds. The Bertz CT molecular complexity index is 894. The number of carbonyl (C=O) groups excluding carboxylic acids is 1. The van der Waals surface area contributed by atoms with E-state index in [0.29, 0.717) is 11.1 Å². The van der Waals surface area contributed by atoms with Gasteiger partial charge in [-0.25, -0.2) is 4.39 Å². The summed E-state index contributed by atoms with van der Waals surface area (Å²) in [6.07, 6.45) is 1.91. The standard InChI is InChI=1S/C17H16FN3O/c18-11-8-10(17(19)22)16-14(15(11)13-6-3-7-20-13)9-4-1-2-5-12(9)21-16/h1-2,4-5,8,13,20-21H,3,6-7H2,(H2,19,22). The van der Waals surface area contributed by atoms with Crippen molar-refractivity contribution in [2.24, 2.45) is 5.73 Å². The molecule has 4 N–H and O–H groups in total. The van der Waals surface area contributed by atoms with Gasteiger partial charge in [0.25, 0.3) is 5.91 Å². The zero-order chi connectivity index (χ0) is 15.3. The van der Waals surface area contributed by atoms with Crippen LogP contribution in [0, 0.1) is 5.82 Å². The Hall–Kier alpha value is -2.40. The van der Waals surface area contributed by atoms with Crippen molar-refractivity contribution in [3.63, 3.8) is 0 Å². The van der Waals surface area contributed by atoms with Crippen LogP contribution in [0.2, 0.25) is 0 Å². The number of nitrogens with two attached hydrogens (primary N) is 1. The molecule has 0 spiro atoms. The van der Waals surface area contributed by atoms with Crippen molar-refractivity contribution in [3.05, 3.63) is 47.3 Å². The molecule has 2 heterocycles. The highest BCUT2D eigenvalue weighted by Gasteiger charge is 2.26. The fourth-order valence-electron chi connectivity index (χ4n) is 3.49. The fraction of sp³-hybridized carbons (Fsp3) is 0.235. The summed E-state index contributed by atoms with van der Waals surface area (Å²) in [6, 6.07) is 8.92. The number of aromatic nitrogens is 1. The van der Waals surface area contributed by atoms with Gasteiger partial charge in [-0.15, -0.1) is 0 Å². The third kappa shape index (κ3) is 1.82. The smallest absolute Gasteiger partial charge is 0.250 e. The van der Waals surface area contributed by atoms with Crippen molar-refractivity contribution in [2.75, 3.05) is 6.54 Å². The molecule has 0 radical (unpaired) electrons. The highest BCUT2D eigenvalue weighted by atomic mass is 19.1. The molecule has 1 saturated heterocycles. The van der Waals surface area contributed by atoms with Crippen LogP contribution >= 0.6 is 0 Å². The number of para-hydroxylation sites is 1. The molecule has 0 bridgehead atoms. The topological polar surface area (TPSA) is 70.9 Å². The van der Waals surface area contributed by atoms with Crippen LogP contribution in [0.15, 0.2) is 30.3 Å². The summed E-state index contributed by atoms with van der Waals surface area (Å²) >= 11 is 0. The van der Waals surface area contributed by atoms with E-state index in [0.717, 1.165) is 35.7 Å². The van der Waals surface area contributed by atoms with Gasteiger partial charge in [0.05, 0.1) is 11.1 Å². The third-order valence-corrected chi connectivity index (χ3v) is 4.45. The van der Waals surface area contributed by atoms with Crippen molar-refractivity contribution in [2.45, 2.75) is 18.9 Å². The average Bonchev–Trinajstić information content (AvgIpc) is 3.14. The monoisotopic (exact) mass is 297 g/mol. The minimum Gasteiger partial charge on any atom is -0.366 e. The fourth-order valence-corrected chi connectivity index (χ4v) is 3.49. The lowest BCUT2D eigenvalue weighted by Gasteiger charge is -2.15. The summed E-state index contributed by atoms with van der Waals surface area (Å²) in [6.45, 7) is 0.880. The summed E-state index contributed by atoms with van der Waals surface area (Å²) in [5.74, 6) is -0.994. The van der Waals surface area contributed by atoms with Crippen molar-refractivity contribution < 1.29 is 9.18 Å². The Kier molecular flexibility index (Phi) is 2.90. The highest BCUT2D eigenvalue weighted by Crippen LogP contribution is 2.38. The van der Waals surface area contributed by atoms with E-state index in [-0.39, 0.29) is 17.4 Å². The van der Waals surface area contributed by atoms with E-state index >= 15 is 0 Å². The molecule has 1 atom stereocenters. The molecule has 3 aromatic rings. The number of primary amides is 1. The zero-order valence-corrected chi connectivity index (χ0v) is 11.9. The minimum atomic E-state index is -0.624. The number of H-pyrrole nitrogens is 1. The van der Waals surface area contributed by atoms with Gasteiger partial charge in [-0.05, 0) is 31.5 Å². The van der Waals surface area contributed by atoms with Gasteiger partial charge in [-0.1, -0.05) is 18.2 Å². The van der Waals surface area contributed by atoms with E-state index in [4.69, 9.17) is 5.73 Å². The van der Waals surface area contributed by atoms with Crippen LogP contribution < -0.4 is 11.1 Å². The maximum Gasteiger partial charge on any atom is 0.250 e. The van der Waals surface area contributed by atoms with Gasteiger partial charge < -0.3 is 16.0 Å². The molecule has 0 aliphatic carbocycles. The lowest BCUT2D eigenvalue weighted by atomic mass is 9.95. The summed E-state index contributed by atoms with van der Waals surface area (Å²) < 4.78 is 14.7. The molecule has 4 rings (SSSR count). The first-order chi connectivity index (χ1) is 10.7. The minimum absolute atomic E-state index is 0.0244. The van der Waals surface area contributed by atoms with Gasteiger partial charge in [0, 0.05) is 27.9 Å². The summed E-state index contributed by atoms with van der Waals surface area (Å²) in [4.78, 5) is 14.9. The predicted octanol–water partition coefficient (Wildman–Crippen LogP) is 2.98. The van der Waals surface area contributed by atoms with Crippen molar-refractivity contribution in [1.29, 1.82) is 0 Å². The number of carbonyl (C=O) groups is 1. The molecular formula is C17H16FN3O. The molecule has 5 heteroatoms. The number of rotatable bonds is 2. The van der Waals surface area contributed by atoms with E-state index < -0.39 is 5.91 Å². The zero-order valence-electron chi connectivity index (χ0n) is 11.9. The van der Waals surface area contributed by atoms with Gasteiger partial charge in [0.1, 0.15) is 5.82 Å². The number of fused-ring (bicyclic) bond motifs is 3. The summed E-state index contributed by atoms with van der Waals surface area (Å²) in [5.41, 5.74) is 7.77. The van der Waals surface area contributed by atoms with Gasteiger partial charge in [-0.2, -0.15) is 0 Å². The molecular weight excluding hydrogens is 281 g/mol. The van der Waals surface area contributed by atoms with E-state index in [1.165, 1.54) is 6.07 Å². The Morgan fingerprint density at radius 3 is 2.86 bits per heavy atom. The Balaban J connectivity index is 2.16. The maximum absolute atomic E-state index is 14.7. The van der Waals surface area contributed by atoms with Crippen molar-refractivity contribution >= 4 is 27.7 Å². The molecule has 1 aromatic heterocycles. The number of halogens is 1. The second-order valence-corrected chi connectivity index (χ2v) is 5.75.